The number of para-hydroxylation sites is 1. The molecule has 0 atom stereocenters. The second-order valence-electron chi connectivity index (χ2n) is 8.37. The van der Waals surface area contributed by atoms with Crippen molar-refractivity contribution in [3.63, 3.8) is 0 Å². The molecule has 0 amide bonds. The molecule has 0 aliphatic rings. The van der Waals surface area contributed by atoms with Crippen molar-refractivity contribution in [2.75, 3.05) is 17.2 Å². The summed E-state index contributed by atoms with van der Waals surface area (Å²) in [5.74, 6) is -0.0626. The monoisotopic (exact) mass is 615 g/mol. The Balaban J connectivity index is 0.000000207. The van der Waals surface area contributed by atoms with Gasteiger partial charge in [-0.3, -0.25) is 9.11 Å². The molecule has 12 nitrogen and oxygen atoms in total. The number of hydrogen-bond donors (Lipinski definition) is 8. The van der Waals surface area contributed by atoms with Crippen LogP contribution in [0.1, 0.15) is 0 Å². The lowest BCUT2D eigenvalue weighted by Crippen LogP contribution is -1.97. The highest BCUT2D eigenvalue weighted by atomic mass is 32.2. The average molecular weight is 616 g/mol. The zero-order valence-electron chi connectivity index (χ0n) is 21.8. The summed E-state index contributed by atoms with van der Waals surface area (Å²) >= 11 is 0. The van der Waals surface area contributed by atoms with Crippen LogP contribution in [0.5, 0.6) is 17.2 Å². The van der Waals surface area contributed by atoms with Gasteiger partial charge in [-0.1, -0.05) is 30.3 Å². The van der Waals surface area contributed by atoms with E-state index in [9.17, 15) is 21.9 Å². The molecule has 0 heterocycles. The summed E-state index contributed by atoms with van der Waals surface area (Å²) < 4.78 is 60.1. The lowest BCUT2D eigenvalue weighted by molar-refractivity contribution is 0.450. The van der Waals surface area contributed by atoms with Crippen molar-refractivity contribution in [1.82, 2.24) is 0 Å². The average Bonchev–Trinajstić information content (AvgIpc) is 2.90. The molecule has 0 unspecified atom stereocenters. The van der Waals surface area contributed by atoms with Gasteiger partial charge in [-0.05, 0) is 72.1 Å². The first-order chi connectivity index (χ1) is 19.6. The third-order valence-electron chi connectivity index (χ3n) is 5.04. The Kier molecular flexibility index (Phi) is 11.5. The van der Waals surface area contributed by atoms with Gasteiger partial charge in [0.15, 0.2) is 0 Å². The van der Waals surface area contributed by atoms with Crippen LogP contribution in [-0.4, -0.2) is 41.3 Å². The largest absolute Gasteiger partial charge is 0.508 e. The van der Waals surface area contributed by atoms with Gasteiger partial charge in [0.1, 0.15) is 17.2 Å². The van der Waals surface area contributed by atoms with E-state index >= 15 is 0 Å². The predicted molar refractivity (Wildman–Crippen MR) is 161 cm³/mol. The van der Waals surface area contributed by atoms with Crippen LogP contribution in [0, 0.1) is 0 Å². The van der Waals surface area contributed by atoms with E-state index in [0.29, 0.717) is 22.1 Å². The second-order valence-corrected chi connectivity index (χ2v) is 11.2. The maximum absolute atomic E-state index is 10.9. The SMILES string of the molecule is Nc1ccc(S(=O)(=O)O)cc1.Nc1ccc2cc(S(=O)(=O)O)cc(O)c2c1.Nc1ccccc1.Oc1cccc(O)c1. The minimum absolute atomic E-state index is 0.0880. The highest BCUT2D eigenvalue weighted by Crippen LogP contribution is 2.30. The van der Waals surface area contributed by atoms with E-state index in [-0.39, 0.29) is 27.0 Å². The summed E-state index contributed by atoms with van der Waals surface area (Å²) in [6.07, 6.45) is 0. The molecule has 0 saturated heterocycles. The molecule has 0 fully saturated rings. The summed E-state index contributed by atoms with van der Waals surface area (Å²) in [6.45, 7) is 0. The van der Waals surface area contributed by atoms with E-state index in [2.05, 4.69) is 0 Å². The molecule has 0 aliphatic carbocycles. The number of rotatable bonds is 2. The fourth-order valence-electron chi connectivity index (χ4n) is 3.06. The number of anilines is 3. The van der Waals surface area contributed by atoms with Crippen LogP contribution >= 0.6 is 0 Å². The fraction of sp³-hybridized carbons (Fsp3) is 0. The number of aromatic hydroxyl groups is 3. The minimum atomic E-state index is -4.32. The van der Waals surface area contributed by atoms with Crippen molar-refractivity contribution in [3.05, 3.63) is 109 Å². The van der Waals surface area contributed by atoms with E-state index in [1.165, 1.54) is 54.6 Å². The first-order valence-corrected chi connectivity index (χ1v) is 14.6. The van der Waals surface area contributed by atoms with Crippen molar-refractivity contribution in [2.24, 2.45) is 0 Å². The highest BCUT2D eigenvalue weighted by molar-refractivity contribution is 7.86. The third-order valence-corrected chi connectivity index (χ3v) is 6.73. The van der Waals surface area contributed by atoms with Crippen molar-refractivity contribution < 1.29 is 41.3 Å². The van der Waals surface area contributed by atoms with Gasteiger partial charge in [-0.2, -0.15) is 16.8 Å². The van der Waals surface area contributed by atoms with Gasteiger partial charge >= 0.3 is 0 Å². The number of nitrogens with two attached hydrogens (primary N) is 3. The van der Waals surface area contributed by atoms with E-state index < -0.39 is 20.2 Å². The van der Waals surface area contributed by atoms with Crippen LogP contribution in [-0.2, 0) is 20.2 Å². The van der Waals surface area contributed by atoms with Gasteiger partial charge < -0.3 is 32.5 Å². The van der Waals surface area contributed by atoms with Gasteiger partial charge in [0.05, 0.1) is 9.79 Å². The number of phenols is 3. The molecular weight excluding hydrogens is 586 g/mol. The topological polar surface area (TPSA) is 247 Å². The predicted octanol–water partition coefficient (Wildman–Crippen LogP) is 4.26. The van der Waals surface area contributed by atoms with E-state index in [0.717, 1.165) is 11.8 Å². The van der Waals surface area contributed by atoms with E-state index in [1.807, 2.05) is 30.3 Å². The lowest BCUT2D eigenvalue weighted by Gasteiger charge is -2.04. The van der Waals surface area contributed by atoms with Crippen molar-refractivity contribution >= 4 is 48.1 Å². The van der Waals surface area contributed by atoms with Crippen molar-refractivity contribution in [1.29, 1.82) is 0 Å². The first kappa shape index (κ1) is 33.2. The molecule has 0 aliphatic heterocycles. The summed E-state index contributed by atoms with van der Waals surface area (Å²) in [4.78, 5) is -0.492. The van der Waals surface area contributed by atoms with Crippen molar-refractivity contribution in [2.45, 2.75) is 9.79 Å². The summed E-state index contributed by atoms with van der Waals surface area (Å²) in [5, 5.41) is 27.8. The fourth-order valence-corrected chi connectivity index (χ4v) is 4.08. The standard InChI is InChI=1S/C10H9NO4S.C6H7NO3S.C6H7N.C6H6O2/c11-7-2-1-6-3-8(16(13,14)15)5-10(12)9(6)4-7;7-5-1-3-6(4-2-5)11(8,9)10;7-6-4-2-1-3-5-6;7-5-2-1-3-6(8)4-5/h1-5,12H,11H2,(H,13,14,15);1-4H,7H2,(H,8,9,10);1-5H,7H2;1-4,7-8H. The molecule has 14 heteroatoms. The molecule has 0 radical (unpaired) electrons. The summed E-state index contributed by atoms with van der Waals surface area (Å²) in [5.41, 5.74) is 17.9. The number of nitrogen functional groups attached to an aromatic ring is 3. The van der Waals surface area contributed by atoms with E-state index in [4.69, 9.17) is 36.5 Å². The van der Waals surface area contributed by atoms with Gasteiger partial charge in [-0.25, -0.2) is 0 Å². The molecule has 5 aromatic carbocycles. The second kappa shape index (κ2) is 14.6. The van der Waals surface area contributed by atoms with Crippen molar-refractivity contribution in [3.8, 4) is 17.2 Å². The molecule has 0 aromatic heterocycles. The zero-order valence-corrected chi connectivity index (χ0v) is 23.4. The number of fused-ring (bicyclic) bond motifs is 1. The van der Waals surface area contributed by atoms with Crippen LogP contribution in [0.4, 0.5) is 17.1 Å². The molecular formula is C28H29N3O9S2. The molecule has 5 aromatic rings. The van der Waals surface area contributed by atoms with Gasteiger partial charge in [0, 0.05) is 34.6 Å². The van der Waals surface area contributed by atoms with Crippen LogP contribution in [0.15, 0.2) is 119 Å². The smallest absolute Gasteiger partial charge is 0.294 e. The minimum Gasteiger partial charge on any atom is -0.508 e. The number of phenolic OH excluding ortho intramolecular Hbond substituents is 3. The molecule has 11 N–H and O–H groups in total. The molecule has 222 valence electrons. The lowest BCUT2D eigenvalue weighted by atomic mass is 10.1. The maximum atomic E-state index is 10.9. The molecule has 42 heavy (non-hydrogen) atoms. The van der Waals surface area contributed by atoms with Crippen LogP contribution in [0.3, 0.4) is 0 Å². The zero-order chi connectivity index (χ0) is 31.5. The Morgan fingerprint density at radius 3 is 1.40 bits per heavy atom. The summed E-state index contributed by atoms with van der Waals surface area (Å²) in [7, 11) is -8.39. The maximum Gasteiger partial charge on any atom is 0.294 e. The summed E-state index contributed by atoms with van der Waals surface area (Å²) in [6, 6.07) is 27.6. The van der Waals surface area contributed by atoms with Crippen LogP contribution < -0.4 is 17.2 Å². The molecule has 0 spiro atoms. The Labute approximate surface area is 242 Å². The number of benzene rings is 5. The van der Waals surface area contributed by atoms with Crippen LogP contribution in [0.2, 0.25) is 0 Å². The van der Waals surface area contributed by atoms with Gasteiger partial charge in [-0.15, -0.1) is 0 Å². The Morgan fingerprint density at radius 2 is 0.976 bits per heavy atom. The molecule has 0 saturated carbocycles. The Bertz CT molecular complexity index is 1820. The van der Waals surface area contributed by atoms with Gasteiger partial charge in [0.2, 0.25) is 0 Å². The molecule has 0 bridgehead atoms. The molecule has 5 rings (SSSR count). The highest BCUT2D eigenvalue weighted by Gasteiger charge is 2.13. The van der Waals surface area contributed by atoms with Gasteiger partial charge in [0.25, 0.3) is 20.2 Å². The quantitative estimate of drug-likeness (QED) is 0.102. The first-order valence-electron chi connectivity index (χ1n) is 11.7. The Morgan fingerprint density at radius 1 is 0.476 bits per heavy atom. The van der Waals surface area contributed by atoms with Crippen LogP contribution in [0.25, 0.3) is 10.8 Å². The van der Waals surface area contributed by atoms with E-state index in [1.54, 1.807) is 18.2 Å². The number of hydrogen-bond acceptors (Lipinski definition) is 10. The normalized spacial score (nSPS) is 10.6. The Hall–Kier alpha value is -5.02. The third kappa shape index (κ3) is 11.2.